The molecule has 3 aromatic rings. The average molecular weight is 377 g/mol. The zero-order valence-electron chi connectivity index (χ0n) is 15.7. The fourth-order valence-electron chi connectivity index (χ4n) is 3.84. The van der Waals surface area contributed by atoms with Crippen molar-refractivity contribution in [3.63, 3.8) is 0 Å². The number of carbonyl (C=O) groups excluding carboxylic acids is 1. The molecule has 6 heteroatoms. The molecule has 2 heterocycles. The predicted molar refractivity (Wildman–Crippen MR) is 106 cm³/mol. The minimum atomic E-state index is -0.184. The third-order valence-electron chi connectivity index (χ3n) is 5.47. The number of phenols is 2. The number of hydrogen-bond donors (Lipinski definition) is 3. The number of piperidine rings is 1. The lowest BCUT2D eigenvalue weighted by Gasteiger charge is -2.33. The number of amides is 1. The van der Waals surface area contributed by atoms with Gasteiger partial charge in [-0.05, 0) is 37.5 Å². The maximum atomic E-state index is 13.0. The van der Waals surface area contributed by atoms with Gasteiger partial charge in [-0.3, -0.25) is 9.89 Å². The van der Waals surface area contributed by atoms with Crippen LogP contribution < -0.4 is 0 Å². The van der Waals surface area contributed by atoms with E-state index in [9.17, 15) is 15.0 Å². The quantitative estimate of drug-likeness (QED) is 0.647. The van der Waals surface area contributed by atoms with Crippen molar-refractivity contribution >= 4 is 5.91 Å². The van der Waals surface area contributed by atoms with E-state index in [1.807, 2.05) is 24.4 Å². The van der Waals surface area contributed by atoms with Gasteiger partial charge in [0, 0.05) is 41.4 Å². The molecule has 1 fully saturated rings. The van der Waals surface area contributed by atoms with Crippen LogP contribution in [0, 0.1) is 6.92 Å². The SMILES string of the molecule is Cc1c(O)cc(C(=O)N2CCC[C@H](c3[nH]ncc3-c3ccccc3)C2)cc1O. The normalized spacial score (nSPS) is 16.9. The fraction of sp³-hybridized carbons (Fsp3) is 0.273. The standard InChI is InChI=1S/C22H23N3O3/c1-14-19(26)10-17(11-20(14)27)22(28)25-9-5-8-16(13-25)21-18(12-23-24-21)15-6-3-2-4-7-15/h2-4,6-7,10-12,16,26-27H,5,8-9,13H2,1H3,(H,23,24)/t16-/m0/s1. The number of H-pyrrole nitrogens is 1. The molecule has 1 amide bonds. The number of nitrogens with zero attached hydrogens (tertiary/aromatic N) is 2. The zero-order valence-corrected chi connectivity index (χ0v) is 15.7. The minimum absolute atomic E-state index is 0.0724. The minimum Gasteiger partial charge on any atom is -0.508 e. The lowest BCUT2D eigenvalue weighted by molar-refractivity contribution is 0.0705. The molecule has 144 valence electrons. The molecule has 0 radical (unpaired) electrons. The molecule has 0 unspecified atom stereocenters. The molecule has 1 atom stereocenters. The smallest absolute Gasteiger partial charge is 0.254 e. The van der Waals surface area contributed by atoms with Crippen LogP contribution in [0.4, 0.5) is 0 Å². The van der Waals surface area contributed by atoms with E-state index < -0.39 is 0 Å². The summed E-state index contributed by atoms with van der Waals surface area (Å²) in [5.74, 6) is -0.173. The van der Waals surface area contributed by atoms with Crippen LogP contribution in [0.2, 0.25) is 0 Å². The van der Waals surface area contributed by atoms with Crippen LogP contribution in [0.3, 0.4) is 0 Å². The van der Waals surface area contributed by atoms with E-state index in [1.54, 1.807) is 11.8 Å². The van der Waals surface area contributed by atoms with Gasteiger partial charge in [0.1, 0.15) is 11.5 Å². The number of nitrogens with one attached hydrogen (secondary N) is 1. The molecule has 1 saturated heterocycles. The van der Waals surface area contributed by atoms with Crippen LogP contribution in [0.5, 0.6) is 11.5 Å². The summed E-state index contributed by atoms with van der Waals surface area (Å²) in [5, 5.41) is 27.3. The second kappa shape index (κ2) is 7.38. The van der Waals surface area contributed by atoms with Gasteiger partial charge in [0.05, 0.1) is 6.20 Å². The zero-order chi connectivity index (χ0) is 19.7. The van der Waals surface area contributed by atoms with Crippen molar-refractivity contribution in [2.75, 3.05) is 13.1 Å². The molecule has 0 bridgehead atoms. The van der Waals surface area contributed by atoms with Gasteiger partial charge in [-0.15, -0.1) is 0 Å². The number of hydrogen-bond acceptors (Lipinski definition) is 4. The molecule has 1 aliphatic rings. The summed E-state index contributed by atoms with van der Waals surface area (Å²) < 4.78 is 0. The number of carbonyl (C=O) groups is 1. The Morgan fingerprint density at radius 3 is 2.61 bits per heavy atom. The van der Waals surface area contributed by atoms with Crippen LogP contribution >= 0.6 is 0 Å². The number of rotatable bonds is 3. The van der Waals surface area contributed by atoms with E-state index in [0.717, 1.165) is 29.7 Å². The fourth-order valence-corrected chi connectivity index (χ4v) is 3.84. The van der Waals surface area contributed by atoms with Crippen molar-refractivity contribution < 1.29 is 15.0 Å². The first-order valence-corrected chi connectivity index (χ1v) is 9.45. The number of likely N-dealkylation sites (tertiary alicyclic amines) is 1. The lowest BCUT2D eigenvalue weighted by atomic mass is 9.90. The van der Waals surface area contributed by atoms with Crippen molar-refractivity contribution in [2.24, 2.45) is 0 Å². The summed E-state index contributed by atoms with van der Waals surface area (Å²) in [6, 6.07) is 12.9. The Labute approximate surface area is 163 Å². The van der Waals surface area contributed by atoms with E-state index >= 15 is 0 Å². The van der Waals surface area contributed by atoms with Crippen molar-refractivity contribution in [1.29, 1.82) is 0 Å². The second-order valence-electron chi connectivity index (χ2n) is 7.29. The highest BCUT2D eigenvalue weighted by Gasteiger charge is 2.28. The van der Waals surface area contributed by atoms with Crippen LogP contribution in [0.15, 0.2) is 48.7 Å². The van der Waals surface area contributed by atoms with Gasteiger partial charge in [0.2, 0.25) is 0 Å². The van der Waals surface area contributed by atoms with Gasteiger partial charge < -0.3 is 15.1 Å². The van der Waals surface area contributed by atoms with E-state index in [4.69, 9.17) is 0 Å². The molecular formula is C22H23N3O3. The summed E-state index contributed by atoms with van der Waals surface area (Å²) in [6.45, 7) is 2.83. The molecule has 2 aromatic carbocycles. The van der Waals surface area contributed by atoms with Crippen molar-refractivity contribution in [1.82, 2.24) is 15.1 Å². The Morgan fingerprint density at radius 1 is 1.18 bits per heavy atom. The Balaban J connectivity index is 1.58. The van der Waals surface area contributed by atoms with Crippen molar-refractivity contribution in [3.05, 3.63) is 65.5 Å². The number of phenolic OH excluding ortho intramolecular Hbond substituents is 2. The van der Waals surface area contributed by atoms with Gasteiger partial charge in [-0.2, -0.15) is 5.10 Å². The third-order valence-corrected chi connectivity index (χ3v) is 5.47. The van der Waals surface area contributed by atoms with E-state index in [-0.39, 0.29) is 23.3 Å². The molecule has 1 aromatic heterocycles. The molecule has 3 N–H and O–H groups in total. The molecule has 28 heavy (non-hydrogen) atoms. The first kappa shape index (κ1) is 18.1. The molecule has 0 aliphatic carbocycles. The summed E-state index contributed by atoms with van der Waals surface area (Å²) >= 11 is 0. The molecule has 0 saturated carbocycles. The molecule has 6 nitrogen and oxygen atoms in total. The maximum Gasteiger partial charge on any atom is 0.254 e. The molecule has 0 spiro atoms. The molecular weight excluding hydrogens is 354 g/mol. The number of benzene rings is 2. The van der Waals surface area contributed by atoms with Crippen LogP contribution in [0.25, 0.3) is 11.1 Å². The summed E-state index contributed by atoms with van der Waals surface area (Å²) in [6.07, 6.45) is 3.69. The first-order chi connectivity index (χ1) is 13.5. The summed E-state index contributed by atoms with van der Waals surface area (Å²) in [4.78, 5) is 14.7. The summed E-state index contributed by atoms with van der Waals surface area (Å²) in [7, 11) is 0. The van der Waals surface area contributed by atoms with Crippen molar-refractivity contribution in [3.8, 4) is 22.6 Å². The second-order valence-corrected chi connectivity index (χ2v) is 7.29. The highest BCUT2D eigenvalue weighted by molar-refractivity contribution is 5.95. The van der Waals surface area contributed by atoms with Gasteiger partial charge in [-0.1, -0.05) is 30.3 Å². The van der Waals surface area contributed by atoms with Crippen LogP contribution in [0.1, 0.15) is 40.4 Å². The molecule has 1 aliphatic heterocycles. The van der Waals surface area contributed by atoms with E-state index in [2.05, 4.69) is 22.3 Å². The average Bonchev–Trinajstić information content (AvgIpc) is 3.22. The Kier molecular flexibility index (Phi) is 4.77. The lowest BCUT2D eigenvalue weighted by Crippen LogP contribution is -2.39. The largest absolute Gasteiger partial charge is 0.508 e. The first-order valence-electron chi connectivity index (χ1n) is 9.45. The highest BCUT2D eigenvalue weighted by atomic mass is 16.3. The number of aromatic hydroxyl groups is 2. The van der Waals surface area contributed by atoms with Gasteiger partial charge in [-0.25, -0.2) is 0 Å². The van der Waals surface area contributed by atoms with Crippen molar-refractivity contribution in [2.45, 2.75) is 25.7 Å². The third kappa shape index (κ3) is 3.33. The van der Waals surface area contributed by atoms with Crippen LogP contribution in [-0.4, -0.2) is 44.3 Å². The topological polar surface area (TPSA) is 89.5 Å². The number of aromatic amines is 1. The number of aromatic nitrogens is 2. The maximum absolute atomic E-state index is 13.0. The predicted octanol–water partition coefficient (Wildman–Crippen LogP) is 3.82. The Morgan fingerprint density at radius 2 is 1.89 bits per heavy atom. The van der Waals surface area contributed by atoms with Gasteiger partial charge in [0.25, 0.3) is 5.91 Å². The van der Waals surface area contributed by atoms with Gasteiger partial charge in [0.15, 0.2) is 0 Å². The van der Waals surface area contributed by atoms with E-state index in [1.165, 1.54) is 12.1 Å². The highest BCUT2D eigenvalue weighted by Crippen LogP contribution is 2.34. The van der Waals surface area contributed by atoms with Gasteiger partial charge >= 0.3 is 0 Å². The van der Waals surface area contributed by atoms with E-state index in [0.29, 0.717) is 24.2 Å². The summed E-state index contributed by atoms with van der Waals surface area (Å²) in [5.41, 5.74) is 3.87. The molecule has 4 rings (SSSR count). The Hall–Kier alpha value is -3.28. The van der Waals surface area contributed by atoms with Crippen LogP contribution in [-0.2, 0) is 0 Å². The monoisotopic (exact) mass is 377 g/mol. The Bertz CT molecular complexity index is 974.